The second kappa shape index (κ2) is 11.9. The highest BCUT2D eigenvalue weighted by Gasteiger charge is 2.32. The second-order valence-corrected chi connectivity index (χ2v) is 11.8. The molecule has 0 aromatic heterocycles. The molecule has 196 valence electrons. The summed E-state index contributed by atoms with van der Waals surface area (Å²) in [6.45, 7) is 7.01. The number of halogens is 1. The first kappa shape index (κ1) is 28.4. The fourth-order valence-electron chi connectivity index (χ4n) is 3.87. The SMILES string of the molecule is CNC(=O)[C@@H](C)N(Cc1cccc(Br)c1)C(=O)CN(c1ccc(C)c(C)c1)S(=O)(=O)c1ccc(C)cc1. The van der Waals surface area contributed by atoms with E-state index in [0.717, 1.165) is 31.0 Å². The quantitative estimate of drug-likeness (QED) is 0.393. The van der Waals surface area contributed by atoms with Crippen LogP contribution in [-0.4, -0.2) is 44.8 Å². The van der Waals surface area contributed by atoms with Gasteiger partial charge in [-0.15, -0.1) is 0 Å². The molecule has 9 heteroatoms. The van der Waals surface area contributed by atoms with Gasteiger partial charge in [-0.1, -0.05) is 51.8 Å². The van der Waals surface area contributed by atoms with Crippen LogP contribution in [0.1, 0.15) is 29.2 Å². The predicted octanol–water partition coefficient (Wildman–Crippen LogP) is 4.73. The lowest BCUT2D eigenvalue weighted by Crippen LogP contribution is -2.50. The van der Waals surface area contributed by atoms with Crippen molar-refractivity contribution < 1.29 is 18.0 Å². The van der Waals surface area contributed by atoms with Crippen molar-refractivity contribution in [2.24, 2.45) is 0 Å². The van der Waals surface area contributed by atoms with Gasteiger partial charge in [0.2, 0.25) is 11.8 Å². The summed E-state index contributed by atoms with van der Waals surface area (Å²) in [4.78, 5) is 27.8. The van der Waals surface area contributed by atoms with E-state index < -0.39 is 28.5 Å². The Bertz CT molecular complexity index is 1390. The minimum absolute atomic E-state index is 0.0852. The maximum Gasteiger partial charge on any atom is 0.264 e. The Morgan fingerprint density at radius 3 is 2.22 bits per heavy atom. The highest BCUT2D eigenvalue weighted by Crippen LogP contribution is 2.27. The van der Waals surface area contributed by atoms with Crippen molar-refractivity contribution in [3.63, 3.8) is 0 Å². The van der Waals surface area contributed by atoms with Crippen LogP contribution in [0.2, 0.25) is 0 Å². The van der Waals surface area contributed by atoms with E-state index in [9.17, 15) is 18.0 Å². The summed E-state index contributed by atoms with van der Waals surface area (Å²) in [6, 6.07) is 18.4. The largest absolute Gasteiger partial charge is 0.357 e. The number of anilines is 1. The van der Waals surface area contributed by atoms with Gasteiger partial charge in [-0.2, -0.15) is 0 Å². The van der Waals surface area contributed by atoms with Crippen molar-refractivity contribution in [1.82, 2.24) is 10.2 Å². The van der Waals surface area contributed by atoms with Crippen molar-refractivity contribution in [1.29, 1.82) is 0 Å². The van der Waals surface area contributed by atoms with E-state index in [4.69, 9.17) is 0 Å². The summed E-state index contributed by atoms with van der Waals surface area (Å²) in [5.41, 5.74) is 4.02. The Morgan fingerprint density at radius 1 is 0.946 bits per heavy atom. The van der Waals surface area contributed by atoms with Crippen LogP contribution < -0.4 is 9.62 Å². The normalized spacial score (nSPS) is 12.1. The van der Waals surface area contributed by atoms with Crippen LogP contribution in [0.3, 0.4) is 0 Å². The van der Waals surface area contributed by atoms with Gasteiger partial charge in [0.25, 0.3) is 10.0 Å². The number of sulfonamides is 1. The molecule has 0 aliphatic rings. The molecule has 7 nitrogen and oxygen atoms in total. The molecule has 0 spiro atoms. The number of aryl methyl sites for hydroxylation is 3. The Labute approximate surface area is 227 Å². The molecule has 0 saturated heterocycles. The zero-order chi connectivity index (χ0) is 27.3. The monoisotopic (exact) mass is 585 g/mol. The molecule has 0 saturated carbocycles. The number of rotatable bonds is 9. The van der Waals surface area contributed by atoms with Gasteiger partial charge in [-0.3, -0.25) is 13.9 Å². The second-order valence-electron chi connectivity index (χ2n) is 9.04. The van der Waals surface area contributed by atoms with Crippen LogP contribution in [0.4, 0.5) is 5.69 Å². The maximum absolute atomic E-state index is 13.8. The molecule has 1 N–H and O–H groups in total. The number of nitrogens with zero attached hydrogens (tertiary/aromatic N) is 2. The fourth-order valence-corrected chi connectivity index (χ4v) is 5.72. The van der Waals surface area contributed by atoms with Gasteiger partial charge >= 0.3 is 0 Å². The Balaban J connectivity index is 2.06. The highest BCUT2D eigenvalue weighted by molar-refractivity contribution is 9.10. The van der Waals surface area contributed by atoms with Gasteiger partial charge in [0.05, 0.1) is 10.6 Å². The number of amides is 2. The van der Waals surface area contributed by atoms with Crippen LogP contribution in [0.15, 0.2) is 76.1 Å². The van der Waals surface area contributed by atoms with Crippen molar-refractivity contribution >= 4 is 43.5 Å². The third kappa shape index (κ3) is 6.78. The smallest absolute Gasteiger partial charge is 0.264 e. The molecule has 0 aliphatic carbocycles. The molecule has 0 bridgehead atoms. The van der Waals surface area contributed by atoms with Gasteiger partial charge in [0, 0.05) is 18.1 Å². The molecular formula is C28H32BrN3O4S. The van der Waals surface area contributed by atoms with E-state index in [0.29, 0.717) is 5.69 Å². The minimum atomic E-state index is -4.08. The summed E-state index contributed by atoms with van der Waals surface area (Å²) in [7, 11) is -2.58. The van der Waals surface area contributed by atoms with Gasteiger partial charge in [0.15, 0.2) is 0 Å². The van der Waals surface area contributed by atoms with Gasteiger partial charge in [-0.25, -0.2) is 8.42 Å². The molecule has 2 amide bonds. The fraction of sp³-hybridized carbons (Fsp3) is 0.286. The third-order valence-corrected chi connectivity index (χ3v) is 8.60. The Kier molecular flexibility index (Phi) is 9.15. The van der Waals surface area contributed by atoms with Gasteiger partial charge < -0.3 is 10.2 Å². The summed E-state index contributed by atoms with van der Waals surface area (Å²) >= 11 is 3.44. The lowest BCUT2D eigenvalue weighted by Gasteiger charge is -2.32. The highest BCUT2D eigenvalue weighted by atomic mass is 79.9. The zero-order valence-electron chi connectivity index (χ0n) is 21.7. The first-order valence-electron chi connectivity index (χ1n) is 11.9. The molecule has 1 atom stereocenters. The van der Waals surface area contributed by atoms with Gasteiger partial charge in [0.1, 0.15) is 12.6 Å². The summed E-state index contributed by atoms with van der Waals surface area (Å²) in [5.74, 6) is -0.840. The first-order chi connectivity index (χ1) is 17.4. The zero-order valence-corrected chi connectivity index (χ0v) is 24.1. The molecular weight excluding hydrogens is 554 g/mol. The lowest BCUT2D eigenvalue weighted by molar-refractivity contribution is -0.139. The van der Waals surface area contributed by atoms with Crippen LogP contribution >= 0.6 is 15.9 Å². The van der Waals surface area contributed by atoms with Crippen LogP contribution in [0.25, 0.3) is 0 Å². The van der Waals surface area contributed by atoms with Crippen molar-refractivity contribution in [3.8, 4) is 0 Å². The number of nitrogens with one attached hydrogen (secondary N) is 1. The predicted molar refractivity (Wildman–Crippen MR) is 150 cm³/mol. The Morgan fingerprint density at radius 2 is 1.62 bits per heavy atom. The van der Waals surface area contributed by atoms with Gasteiger partial charge in [-0.05, 0) is 80.8 Å². The number of likely N-dealkylation sites (N-methyl/N-ethyl adjacent to an activating group) is 1. The molecule has 0 radical (unpaired) electrons. The molecule has 0 unspecified atom stereocenters. The molecule has 3 rings (SSSR count). The lowest BCUT2D eigenvalue weighted by atomic mass is 10.1. The van der Waals surface area contributed by atoms with Crippen LogP contribution in [0.5, 0.6) is 0 Å². The summed E-state index contributed by atoms with van der Waals surface area (Å²) in [6.07, 6.45) is 0. The van der Waals surface area contributed by atoms with Crippen molar-refractivity contribution in [3.05, 3.63) is 93.5 Å². The first-order valence-corrected chi connectivity index (χ1v) is 14.1. The third-order valence-electron chi connectivity index (χ3n) is 6.32. The van der Waals surface area contributed by atoms with Crippen molar-refractivity contribution in [2.75, 3.05) is 17.9 Å². The Hall–Kier alpha value is -3.17. The average molecular weight is 587 g/mol. The van der Waals surface area contributed by atoms with E-state index in [1.54, 1.807) is 31.2 Å². The standard InChI is InChI=1S/C28H32BrN3O4S/c1-19-9-13-26(14-10-19)37(35,36)32(25-12-11-20(2)21(3)15-25)18-27(33)31(22(4)28(34)30-5)17-23-7-6-8-24(29)16-23/h6-16,22H,17-18H2,1-5H3,(H,30,34)/t22-/m1/s1. The molecule has 37 heavy (non-hydrogen) atoms. The maximum atomic E-state index is 13.8. The molecule has 0 aliphatic heterocycles. The topological polar surface area (TPSA) is 86.8 Å². The van der Waals surface area contributed by atoms with E-state index in [1.165, 1.54) is 24.1 Å². The minimum Gasteiger partial charge on any atom is -0.357 e. The molecule has 0 fully saturated rings. The summed E-state index contributed by atoms with van der Waals surface area (Å²) in [5, 5.41) is 2.58. The van der Waals surface area contributed by atoms with E-state index in [-0.39, 0.29) is 17.3 Å². The van der Waals surface area contributed by atoms with E-state index >= 15 is 0 Å². The number of benzene rings is 3. The van der Waals surface area contributed by atoms with E-state index in [2.05, 4.69) is 21.2 Å². The number of hydrogen-bond donors (Lipinski definition) is 1. The summed E-state index contributed by atoms with van der Waals surface area (Å²) < 4.78 is 29.6. The van der Waals surface area contributed by atoms with E-state index in [1.807, 2.05) is 51.1 Å². The van der Waals surface area contributed by atoms with Crippen LogP contribution in [0, 0.1) is 20.8 Å². The molecule has 3 aromatic carbocycles. The number of carbonyl (C=O) groups excluding carboxylic acids is 2. The molecule has 0 heterocycles. The number of carbonyl (C=O) groups is 2. The molecule has 3 aromatic rings. The van der Waals surface area contributed by atoms with Crippen molar-refractivity contribution in [2.45, 2.75) is 45.2 Å². The van der Waals surface area contributed by atoms with Crippen LogP contribution in [-0.2, 0) is 26.2 Å². The average Bonchev–Trinajstić information content (AvgIpc) is 2.86. The number of hydrogen-bond acceptors (Lipinski definition) is 4.